The van der Waals surface area contributed by atoms with Gasteiger partial charge in [0, 0.05) is 26.2 Å². The molecule has 3 N–H and O–H groups in total. The summed E-state index contributed by atoms with van der Waals surface area (Å²) in [5.41, 5.74) is 0.470. The zero-order chi connectivity index (χ0) is 23.3. The zero-order valence-electron chi connectivity index (χ0n) is 17.3. The first-order valence-electron chi connectivity index (χ1n) is 9.78. The second-order valence-corrected chi connectivity index (χ2v) is 7.11. The molecule has 2 aromatic carbocycles. The van der Waals surface area contributed by atoms with Crippen molar-refractivity contribution in [3.63, 3.8) is 0 Å². The number of carbonyl (C=O) groups excluding carboxylic acids is 1. The van der Waals surface area contributed by atoms with E-state index >= 15 is 0 Å². The summed E-state index contributed by atoms with van der Waals surface area (Å²) >= 11 is 0. The van der Waals surface area contributed by atoms with Crippen LogP contribution in [0.25, 0.3) is 0 Å². The van der Waals surface area contributed by atoms with Gasteiger partial charge < -0.3 is 20.1 Å². The first-order valence-corrected chi connectivity index (χ1v) is 9.78. The van der Waals surface area contributed by atoms with E-state index in [2.05, 4.69) is 5.32 Å². The summed E-state index contributed by atoms with van der Waals surface area (Å²) in [6.07, 6.45) is 1.29. The van der Waals surface area contributed by atoms with Crippen LogP contribution in [0.5, 0.6) is 5.75 Å². The molecule has 0 aliphatic rings. The average molecular weight is 439 g/mol. The molecular weight excluding hydrogens is 417 g/mol. The fraction of sp³-hybridized carbons (Fsp3) is 0.174. The van der Waals surface area contributed by atoms with Gasteiger partial charge >= 0.3 is 12.0 Å². The van der Waals surface area contributed by atoms with Crippen molar-refractivity contribution >= 4 is 23.4 Å². The molecule has 3 rings (SSSR count). The number of aromatic hydroxyl groups is 1. The molecule has 166 valence electrons. The number of pyridine rings is 1. The predicted octanol–water partition coefficient (Wildman–Crippen LogP) is 3.14. The Morgan fingerprint density at radius 3 is 2.59 bits per heavy atom. The van der Waals surface area contributed by atoms with Gasteiger partial charge in [-0.15, -0.1) is 0 Å². The molecular formula is C23H22FN3O5. The van der Waals surface area contributed by atoms with Crippen LogP contribution in [-0.2, 0) is 18.3 Å². The monoisotopic (exact) mass is 439 g/mol. The Morgan fingerprint density at radius 1 is 1.12 bits per heavy atom. The van der Waals surface area contributed by atoms with Crippen molar-refractivity contribution in [2.45, 2.75) is 12.8 Å². The van der Waals surface area contributed by atoms with E-state index in [4.69, 9.17) is 5.11 Å². The topological polar surface area (TPSA) is 112 Å². The number of aryl methyl sites for hydroxylation is 1. The number of aliphatic carboxylic acids is 1. The highest BCUT2D eigenvalue weighted by molar-refractivity contribution is 6.00. The van der Waals surface area contributed by atoms with Crippen molar-refractivity contribution < 1.29 is 24.2 Å². The number of halogens is 1. The number of carboxylic acids is 1. The number of nitrogens with one attached hydrogen (secondary N) is 1. The number of anilines is 2. The van der Waals surface area contributed by atoms with Crippen LogP contribution in [0.4, 0.5) is 20.6 Å². The van der Waals surface area contributed by atoms with Gasteiger partial charge in [-0.2, -0.15) is 0 Å². The lowest BCUT2D eigenvalue weighted by atomic mass is 10.0. The number of hydrogen-bond donors (Lipinski definition) is 3. The van der Waals surface area contributed by atoms with Crippen LogP contribution in [0, 0.1) is 5.82 Å². The zero-order valence-corrected chi connectivity index (χ0v) is 17.3. The normalized spacial score (nSPS) is 10.6. The third kappa shape index (κ3) is 5.12. The molecule has 0 spiro atoms. The van der Waals surface area contributed by atoms with Gasteiger partial charge in [0.1, 0.15) is 11.6 Å². The third-order valence-electron chi connectivity index (χ3n) is 4.78. The Morgan fingerprint density at radius 2 is 1.88 bits per heavy atom. The van der Waals surface area contributed by atoms with Gasteiger partial charge in [-0.1, -0.05) is 30.3 Å². The molecule has 1 aromatic heterocycles. The SMILES string of the molecule is Cn1ccc(O)c(N(C(=O)NCCC(=O)O)c2cccc(Cc3ccccc3F)c2)c1=O. The molecule has 3 aromatic rings. The number of hydrogen-bond acceptors (Lipinski definition) is 4. The highest BCUT2D eigenvalue weighted by Crippen LogP contribution is 2.31. The molecule has 1 heterocycles. The van der Waals surface area contributed by atoms with Gasteiger partial charge in [-0.05, 0) is 35.4 Å². The number of carboxylic acid groups (broad SMARTS) is 1. The van der Waals surface area contributed by atoms with Crippen molar-refractivity contribution in [2.24, 2.45) is 7.05 Å². The number of rotatable bonds is 7. The van der Waals surface area contributed by atoms with E-state index < -0.39 is 23.3 Å². The first-order chi connectivity index (χ1) is 15.3. The summed E-state index contributed by atoms with van der Waals surface area (Å²) in [5, 5.41) is 21.7. The van der Waals surface area contributed by atoms with Gasteiger partial charge in [0.15, 0.2) is 5.69 Å². The van der Waals surface area contributed by atoms with E-state index in [1.165, 1.54) is 29.9 Å². The lowest BCUT2D eigenvalue weighted by Crippen LogP contribution is -2.41. The minimum atomic E-state index is -1.10. The molecule has 8 nitrogen and oxygen atoms in total. The Kier molecular flexibility index (Phi) is 6.89. The first kappa shape index (κ1) is 22.5. The number of urea groups is 1. The lowest BCUT2D eigenvalue weighted by Gasteiger charge is -2.24. The molecule has 0 saturated heterocycles. The summed E-state index contributed by atoms with van der Waals surface area (Å²) in [4.78, 5) is 37.5. The summed E-state index contributed by atoms with van der Waals surface area (Å²) < 4.78 is 15.3. The maximum Gasteiger partial charge on any atom is 0.326 e. The number of benzene rings is 2. The van der Waals surface area contributed by atoms with E-state index in [-0.39, 0.29) is 36.6 Å². The van der Waals surface area contributed by atoms with Crippen molar-refractivity contribution in [1.82, 2.24) is 9.88 Å². The van der Waals surface area contributed by atoms with E-state index in [9.17, 15) is 23.9 Å². The number of amides is 2. The van der Waals surface area contributed by atoms with Gasteiger partial charge in [0.2, 0.25) is 0 Å². The third-order valence-corrected chi connectivity index (χ3v) is 4.78. The van der Waals surface area contributed by atoms with Gasteiger partial charge in [0.05, 0.1) is 12.1 Å². The second kappa shape index (κ2) is 9.78. The van der Waals surface area contributed by atoms with Crippen LogP contribution in [0.15, 0.2) is 65.6 Å². The summed E-state index contributed by atoms with van der Waals surface area (Å²) in [6.45, 7) is -0.173. The molecule has 0 unspecified atom stereocenters. The molecule has 0 saturated carbocycles. The summed E-state index contributed by atoms with van der Waals surface area (Å²) in [6, 6.07) is 13.4. The van der Waals surface area contributed by atoms with E-state index in [0.717, 1.165) is 4.90 Å². The molecule has 2 amide bonds. The maximum absolute atomic E-state index is 14.1. The Balaban J connectivity index is 2.03. The number of carbonyl (C=O) groups is 2. The number of aromatic nitrogens is 1. The summed E-state index contributed by atoms with van der Waals surface area (Å²) in [7, 11) is 1.47. The van der Waals surface area contributed by atoms with Crippen molar-refractivity contribution in [2.75, 3.05) is 11.4 Å². The van der Waals surface area contributed by atoms with Crippen LogP contribution in [0.1, 0.15) is 17.5 Å². The minimum Gasteiger partial charge on any atom is -0.505 e. The largest absolute Gasteiger partial charge is 0.505 e. The van der Waals surface area contributed by atoms with Crippen LogP contribution in [0.2, 0.25) is 0 Å². The maximum atomic E-state index is 14.1. The number of nitrogens with zero attached hydrogens (tertiary/aromatic N) is 2. The van der Waals surface area contributed by atoms with Crippen LogP contribution in [0.3, 0.4) is 0 Å². The van der Waals surface area contributed by atoms with E-state index in [1.807, 2.05) is 0 Å². The Labute approximate surface area is 183 Å². The lowest BCUT2D eigenvalue weighted by molar-refractivity contribution is -0.136. The fourth-order valence-electron chi connectivity index (χ4n) is 3.19. The molecule has 0 radical (unpaired) electrons. The van der Waals surface area contributed by atoms with Crippen molar-refractivity contribution in [1.29, 1.82) is 0 Å². The van der Waals surface area contributed by atoms with Crippen LogP contribution in [-0.4, -0.2) is 33.3 Å². The molecule has 9 heteroatoms. The van der Waals surface area contributed by atoms with E-state index in [0.29, 0.717) is 11.1 Å². The summed E-state index contributed by atoms with van der Waals surface area (Å²) in [5.74, 6) is -1.88. The highest BCUT2D eigenvalue weighted by Gasteiger charge is 2.25. The standard InChI is InChI=1S/C23H22FN3O5/c1-26-12-10-19(28)21(22(26)31)27(23(32)25-11-9-20(29)30)17-7-4-5-15(14-17)13-16-6-2-3-8-18(16)24/h2-8,10,12,14,28H,9,11,13H2,1H3,(H,25,32)(H,29,30). The van der Waals surface area contributed by atoms with Crippen LogP contribution < -0.4 is 15.8 Å². The van der Waals surface area contributed by atoms with Crippen molar-refractivity contribution in [3.8, 4) is 5.75 Å². The van der Waals surface area contributed by atoms with Gasteiger partial charge in [0.25, 0.3) is 5.56 Å². The second-order valence-electron chi connectivity index (χ2n) is 7.11. The van der Waals surface area contributed by atoms with Crippen LogP contribution >= 0.6 is 0 Å². The quantitative estimate of drug-likeness (QED) is 0.524. The van der Waals surface area contributed by atoms with Gasteiger partial charge in [-0.3, -0.25) is 14.5 Å². The molecule has 32 heavy (non-hydrogen) atoms. The smallest absolute Gasteiger partial charge is 0.326 e. The predicted molar refractivity (Wildman–Crippen MR) is 117 cm³/mol. The molecule has 0 fully saturated rings. The van der Waals surface area contributed by atoms with E-state index in [1.54, 1.807) is 42.5 Å². The minimum absolute atomic E-state index is 0.173. The molecule has 0 aliphatic carbocycles. The fourth-order valence-corrected chi connectivity index (χ4v) is 3.19. The Bertz CT molecular complexity index is 1210. The van der Waals surface area contributed by atoms with Gasteiger partial charge in [-0.25, -0.2) is 9.18 Å². The average Bonchev–Trinajstić information content (AvgIpc) is 2.75. The van der Waals surface area contributed by atoms with Crippen molar-refractivity contribution in [3.05, 3.63) is 88.1 Å². The molecule has 0 atom stereocenters. The Hall–Kier alpha value is -4.14. The highest BCUT2D eigenvalue weighted by atomic mass is 19.1. The molecule has 0 bridgehead atoms. The molecule has 0 aliphatic heterocycles.